The predicted molar refractivity (Wildman–Crippen MR) is 131 cm³/mol. The SMILES string of the molecule is Cc1cc2cc(-n3cnnc3-c3c(-c4cc(Cl)ccc4Cl)nc4ccccn34)cc(Cl)c2o1. The Hall–Kier alpha value is -3.32. The second kappa shape index (κ2) is 7.63. The monoisotopic (exact) mass is 493 g/mol. The van der Waals surface area contributed by atoms with Crippen LogP contribution in [-0.2, 0) is 0 Å². The molecule has 0 aliphatic heterocycles. The molecular weight excluding hydrogens is 481 g/mol. The van der Waals surface area contributed by atoms with E-state index in [1.54, 1.807) is 24.5 Å². The van der Waals surface area contributed by atoms with Gasteiger partial charge in [-0.15, -0.1) is 10.2 Å². The average Bonchev–Trinajstić information content (AvgIpc) is 3.51. The molecule has 9 heteroatoms. The highest BCUT2D eigenvalue weighted by Gasteiger charge is 2.23. The molecule has 4 heterocycles. The van der Waals surface area contributed by atoms with Gasteiger partial charge in [0.1, 0.15) is 29.1 Å². The number of hydrogen-bond acceptors (Lipinski definition) is 4. The van der Waals surface area contributed by atoms with E-state index in [9.17, 15) is 0 Å². The molecule has 0 aliphatic carbocycles. The molecule has 0 bridgehead atoms. The molecule has 0 saturated carbocycles. The fourth-order valence-electron chi connectivity index (χ4n) is 4.02. The summed E-state index contributed by atoms with van der Waals surface area (Å²) in [4.78, 5) is 4.84. The third-order valence-electron chi connectivity index (χ3n) is 5.43. The van der Waals surface area contributed by atoms with Gasteiger partial charge in [0, 0.05) is 22.2 Å². The molecule has 6 nitrogen and oxygen atoms in total. The lowest BCUT2D eigenvalue weighted by molar-refractivity contribution is 0.578. The van der Waals surface area contributed by atoms with Crippen LogP contribution in [0.3, 0.4) is 0 Å². The number of hydrogen-bond donors (Lipinski definition) is 0. The topological polar surface area (TPSA) is 61.2 Å². The summed E-state index contributed by atoms with van der Waals surface area (Å²) < 4.78 is 9.54. The highest BCUT2D eigenvalue weighted by Crippen LogP contribution is 2.38. The maximum atomic E-state index is 6.56. The van der Waals surface area contributed by atoms with Gasteiger partial charge in [0.15, 0.2) is 11.4 Å². The Balaban J connectivity index is 1.64. The lowest BCUT2D eigenvalue weighted by Gasteiger charge is -2.10. The standard InChI is InChI=1S/C24H14Cl3N5O/c1-13-8-14-9-16(11-19(27)23(14)33-13)32-12-28-30-24(32)22-21(17-10-15(25)5-6-18(17)26)29-20-4-2-3-7-31(20)22/h2-12H,1H3. The number of rotatable bonds is 3. The van der Waals surface area contributed by atoms with Crippen molar-refractivity contribution in [2.45, 2.75) is 6.92 Å². The average molecular weight is 495 g/mol. The van der Waals surface area contributed by atoms with Crippen LogP contribution >= 0.6 is 34.8 Å². The van der Waals surface area contributed by atoms with Gasteiger partial charge in [0.2, 0.25) is 0 Å². The maximum absolute atomic E-state index is 6.56. The van der Waals surface area contributed by atoms with Crippen LogP contribution in [0.15, 0.2) is 71.5 Å². The third-order valence-corrected chi connectivity index (χ3v) is 6.28. The summed E-state index contributed by atoms with van der Waals surface area (Å²) in [5, 5.41) is 11.1. The third kappa shape index (κ3) is 3.30. The number of nitrogens with zero attached hydrogens (tertiary/aromatic N) is 5. The van der Waals surface area contributed by atoms with E-state index in [1.807, 2.05) is 58.5 Å². The van der Waals surface area contributed by atoms with E-state index in [0.717, 1.165) is 28.2 Å². The van der Waals surface area contributed by atoms with Crippen LogP contribution in [0.4, 0.5) is 0 Å². The van der Waals surface area contributed by atoms with Gasteiger partial charge in [0.25, 0.3) is 0 Å². The van der Waals surface area contributed by atoms with E-state index in [1.165, 1.54) is 0 Å². The molecule has 4 aromatic heterocycles. The van der Waals surface area contributed by atoms with Crippen molar-refractivity contribution in [3.8, 4) is 28.5 Å². The molecule has 0 saturated heterocycles. The molecular formula is C24H14Cl3N5O. The second-order valence-corrected chi connectivity index (χ2v) is 8.84. The number of aryl methyl sites for hydroxylation is 1. The molecule has 0 spiro atoms. The number of benzene rings is 2. The summed E-state index contributed by atoms with van der Waals surface area (Å²) in [6, 6.07) is 16.8. The van der Waals surface area contributed by atoms with Crippen LogP contribution in [0.2, 0.25) is 15.1 Å². The summed E-state index contributed by atoms with van der Waals surface area (Å²) >= 11 is 19.4. The molecule has 0 radical (unpaired) electrons. The molecule has 0 atom stereocenters. The molecule has 6 aromatic rings. The summed E-state index contributed by atoms with van der Waals surface area (Å²) in [6.45, 7) is 1.89. The molecule has 0 amide bonds. The van der Waals surface area contributed by atoms with Crippen molar-refractivity contribution in [2.24, 2.45) is 0 Å². The van der Waals surface area contributed by atoms with Crippen LogP contribution in [-0.4, -0.2) is 24.1 Å². The zero-order valence-corrected chi connectivity index (χ0v) is 19.4. The van der Waals surface area contributed by atoms with Gasteiger partial charge in [-0.3, -0.25) is 8.97 Å². The fraction of sp³-hybridized carbons (Fsp3) is 0.0417. The number of halogens is 3. The first-order valence-corrected chi connectivity index (χ1v) is 11.2. The molecule has 33 heavy (non-hydrogen) atoms. The minimum Gasteiger partial charge on any atom is -0.460 e. The van der Waals surface area contributed by atoms with Crippen molar-refractivity contribution >= 4 is 51.4 Å². The minimum atomic E-state index is 0.506. The van der Waals surface area contributed by atoms with E-state index in [0.29, 0.717) is 37.7 Å². The van der Waals surface area contributed by atoms with Crippen LogP contribution in [0.1, 0.15) is 5.76 Å². The molecule has 0 N–H and O–H groups in total. The Morgan fingerprint density at radius 3 is 2.70 bits per heavy atom. The Labute approximate surface area is 203 Å². The Kier molecular flexibility index (Phi) is 4.69. The van der Waals surface area contributed by atoms with Crippen LogP contribution < -0.4 is 0 Å². The Bertz CT molecular complexity index is 1680. The van der Waals surface area contributed by atoms with Gasteiger partial charge in [-0.25, -0.2) is 4.98 Å². The summed E-state index contributed by atoms with van der Waals surface area (Å²) in [5.41, 5.74) is 4.26. The maximum Gasteiger partial charge on any atom is 0.187 e. The first-order chi connectivity index (χ1) is 16.0. The fourth-order valence-corrected chi connectivity index (χ4v) is 4.66. The molecule has 2 aromatic carbocycles. The number of furan rings is 1. The van der Waals surface area contributed by atoms with Gasteiger partial charge in [0.05, 0.1) is 15.7 Å². The zero-order chi connectivity index (χ0) is 22.7. The van der Waals surface area contributed by atoms with Gasteiger partial charge in [-0.2, -0.15) is 0 Å². The molecule has 0 fully saturated rings. The van der Waals surface area contributed by atoms with E-state index in [-0.39, 0.29) is 0 Å². The minimum absolute atomic E-state index is 0.506. The summed E-state index contributed by atoms with van der Waals surface area (Å²) in [7, 11) is 0. The molecule has 162 valence electrons. The van der Waals surface area contributed by atoms with Gasteiger partial charge >= 0.3 is 0 Å². The number of aromatic nitrogens is 5. The highest BCUT2D eigenvalue weighted by atomic mass is 35.5. The predicted octanol–water partition coefficient (Wildman–Crippen LogP) is 7.26. The first-order valence-electron chi connectivity index (χ1n) is 10.0. The van der Waals surface area contributed by atoms with E-state index >= 15 is 0 Å². The lowest BCUT2D eigenvalue weighted by Crippen LogP contribution is -2.00. The zero-order valence-electron chi connectivity index (χ0n) is 17.1. The number of fused-ring (bicyclic) bond motifs is 2. The van der Waals surface area contributed by atoms with Gasteiger partial charge in [-0.1, -0.05) is 40.9 Å². The van der Waals surface area contributed by atoms with Crippen molar-refractivity contribution in [1.29, 1.82) is 0 Å². The largest absolute Gasteiger partial charge is 0.460 e. The van der Waals surface area contributed by atoms with E-state index in [2.05, 4.69) is 10.2 Å². The summed E-state index contributed by atoms with van der Waals surface area (Å²) in [6.07, 6.45) is 3.57. The smallest absolute Gasteiger partial charge is 0.187 e. The number of pyridine rings is 1. The van der Waals surface area contributed by atoms with Crippen molar-refractivity contribution in [1.82, 2.24) is 24.1 Å². The van der Waals surface area contributed by atoms with Crippen molar-refractivity contribution in [2.75, 3.05) is 0 Å². The first kappa shape index (κ1) is 20.3. The normalized spacial score (nSPS) is 11.6. The molecule has 6 rings (SSSR count). The summed E-state index contributed by atoms with van der Waals surface area (Å²) in [5.74, 6) is 1.36. The Morgan fingerprint density at radius 1 is 0.939 bits per heavy atom. The highest BCUT2D eigenvalue weighted by molar-refractivity contribution is 6.35. The van der Waals surface area contributed by atoms with Crippen molar-refractivity contribution in [3.63, 3.8) is 0 Å². The van der Waals surface area contributed by atoms with Gasteiger partial charge < -0.3 is 4.42 Å². The Morgan fingerprint density at radius 2 is 1.82 bits per heavy atom. The van der Waals surface area contributed by atoms with E-state index in [4.69, 9.17) is 44.2 Å². The van der Waals surface area contributed by atoms with Crippen LogP contribution in [0.5, 0.6) is 0 Å². The molecule has 0 aliphatic rings. The van der Waals surface area contributed by atoms with Crippen LogP contribution in [0, 0.1) is 6.92 Å². The van der Waals surface area contributed by atoms with Gasteiger partial charge in [-0.05, 0) is 55.5 Å². The quantitative estimate of drug-likeness (QED) is 0.260. The van der Waals surface area contributed by atoms with E-state index < -0.39 is 0 Å². The number of imidazole rings is 1. The molecule has 0 unspecified atom stereocenters. The van der Waals surface area contributed by atoms with Crippen LogP contribution in [0.25, 0.3) is 45.1 Å². The van der Waals surface area contributed by atoms with Crippen molar-refractivity contribution in [3.05, 3.63) is 87.9 Å². The lowest BCUT2D eigenvalue weighted by atomic mass is 10.1. The second-order valence-electron chi connectivity index (χ2n) is 7.59. The van der Waals surface area contributed by atoms with Crippen molar-refractivity contribution < 1.29 is 4.42 Å².